The Bertz CT molecular complexity index is 396. The Kier molecular flexibility index (Phi) is 5.96. The van der Waals surface area contributed by atoms with Crippen LogP contribution < -0.4 is 10.6 Å². The number of rotatable bonds is 7. The summed E-state index contributed by atoms with van der Waals surface area (Å²) in [5.74, 6) is -0.840. The van der Waals surface area contributed by atoms with Gasteiger partial charge in [-0.1, -0.05) is 0 Å². The van der Waals surface area contributed by atoms with E-state index in [2.05, 4.69) is 10.6 Å². The van der Waals surface area contributed by atoms with Crippen LogP contribution in [0.1, 0.15) is 10.4 Å². The lowest BCUT2D eigenvalue weighted by molar-refractivity contribution is 0.0953. The van der Waals surface area contributed by atoms with Crippen molar-refractivity contribution in [1.29, 1.82) is 0 Å². The highest BCUT2D eigenvalue weighted by Crippen LogP contribution is 2.24. The number of benzene rings is 1. The molecule has 100 valence electrons. The second kappa shape index (κ2) is 7.52. The molecule has 0 aliphatic carbocycles. The lowest BCUT2D eigenvalue weighted by Gasteiger charge is -2.07. The monoisotopic (exact) mass is 254 g/mol. The fourth-order valence-electron chi connectivity index (χ4n) is 1.33. The number of ether oxygens (including phenoxy) is 1. The molecule has 0 saturated carbocycles. The Labute approximate surface area is 106 Å². The molecule has 0 saturated heterocycles. The fraction of sp³-hybridized carbons (Fsp3) is 0.417. The molecule has 6 nitrogen and oxygen atoms in total. The Morgan fingerprint density at radius 2 is 2.00 bits per heavy atom. The molecule has 6 heteroatoms. The van der Waals surface area contributed by atoms with Gasteiger partial charge in [0, 0.05) is 32.3 Å². The van der Waals surface area contributed by atoms with Gasteiger partial charge < -0.3 is 25.6 Å². The van der Waals surface area contributed by atoms with Gasteiger partial charge in [-0.05, 0) is 18.2 Å². The van der Waals surface area contributed by atoms with E-state index in [1.807, 2.05) is 0 Å². The van der Waals surface area contributed by atoms with E-state index in [1.165, 1.54) is 18.2 Å². The van der Waals surface area contributed by atoms with Crippen LogP contribution in [0.2, 0.25) is 0 Å². The van der Waals surface area contributed by atoms with E-state index >= 15 is 0 Å². The highest BCUT2D eigenvalue weighted by atomic mass is 16.5. The van der Waals surface area contributed by atoms with Crippen LogP contribution in [-0.4, -0.2) is 49.5 Å². The third-order valence-corrected chi connectivity index (χ3v) is 2.31. The van der Waals surface area contributed by atoms with Crippen LogP contribution in [0.5, 0.6) is 11.5 Å². The molecule has 1 rings (SSSR count). The van der Waals surface area contributed by atoms with Crippen molar-refractivity contribution in [3.05, 3.63) is 23.8 Å². The summed E-state index contributed by atoms with van der Waals surface area (Å²) in [5.41, 5.74) is 0.308. The van der Waals surface area contributed by atoms with Crippen molar-refractivity contribution < 1.29 is 19.7 Å². The molecule has 18 heavy (non-hydrogen) atoms. The van der Waals surface area contributed by atoms with Gasteiger partial charge >= 0.3 is 0 Å². The van der Waals surface area contributed by atoms with Gasteiger partial charge in [-0.3, -0.25) is 4.79 Å². The van der Waals surface area contributed by atoms with Crippen LogP contribution in [0.15, 0.2) is 18.2 Å². The van der Waals surface area contributed by atoms with Crippen molar-refractivity contribution in [2.45, 2.75) is 0 Å². The van der Waals surface area contributed by atoms with Gasteiger partial charge in [0.05, 0.1) is 6.61 Å². The summed E-state index contributed by atoms with van der Waals surface area (Å²) in [6.07, 6.45) is 0. The molecular weight excluding hydrogens is 236 g/mol. The first-order chi connectivity index (χ1) is 8.65. The van der Waals surface area contributed by atoms with E-state index in [1.54, 1.807) is 7.11 Å². The third-order valence-electron chi connectivity index (χ3n) is 2.31. The first kappa shape index (κ1) is 14.3. The van der Waals surface area contributed by atoms with Gasteiger partial charge in [-0.15, -0.1) is 0 Å². The average molecular weight is 254 g/mol. The minimum absolute atomic E-state index is 0.243. The molecule has 0 heterocycles. The smallest absolute Gasteiger partial charge is 0.251 e. The molecule has 0 unspecified atom stereocenters. The number of carbonyl (C=O) groups is 1. The van der Waals surface area contributed by atoms with Crippen LogP contribution in [-0.2, 0) is 4.74 Å². The highest BCUT2D eigenvalue weighted by Gasteiger charge is 2.07. The number of methoxy groups -OCH3 is 1. The standard InChI is InChI=1S/C12H18N2O4/c1-18-7-6-13-4-5-14-12(17)9-2-3-10(15)11(16)8-9/h2-3,8,13,15-16H,4-7H2,1H3,(H,14,17). The first-order valence-corrected chi connectivity index (χ1v) is 5.65. The quantitative estimate of drug-likeness (QED) is 0.408. The fourth-order valence-corrected chi connectivity index (χ4v) is 1.33. The van der Waals surface area contributed by atoms with E-state index < -0.39 is 0 Å². The number of nitrogens with one attached hydrogen (secondary N) is 2. The minimum Gasteiger partial charge on any atom is -0.504 e. The Hall–Kier alpha value is -1.79. The SMILES string of the molecule is COCCNCCNC(=O)c1ccc(O)c(O)c1. The number of phenolic OH excluding ortho intramolecular Hbond substituents is 2. The van der Waals surface area contributed by atoms with Crippen LogP contribution in [0.25, 0.3) is 0 Å². The number of aromatic hydroxyl groups is 2. The summed E-state index contributed by atoms with van der Waals surface area (Å²) in [5, 5.41) is 24.2. The lowest BCUT2D eigenvalue weighted by Crippen LogP contribution is -2.33. The van der Waals surface area contributed by atoms with Gasteiger partial charge in [0.15, 0.2) is 11.5 Å². The second-order valence-corrected chi connectivity index (χ2v) is 3.70. The molecule has 1 amide bonds. The molecule has 0 spiro atoms. The Balaban J connectivity index is 2.30. The van der Waals surface area contributed by atoms with E-state index in [9.17, 15) is 9.90 Å². The van der Waals surface area contributed by atoms with Crippen molar-refractivity contribution in [3.8, 4) is 11.5 Å². The van der Waals surface area contributed by atoms with Gasteiger partial charge in [0.25, 0.3) is 5.91 Å². The predicted molar refractivity (Wildman–Crippen MR) is 66.9 cm³/mol. The third kappa shape index (κ3) is 4.60. The van der Waals surface area contributed by atoms with Crippen molar-refractivity contribution in [2.24, 2.45) is 0 Å². The summed E-state index contributed by atoms with van der Waals surface area (Å²) < 4.78 is 4.86. The molecule has 0 fully saturated rings. The van der Waals surface area contributed by atoms with Crippen molar-refractivity contribution in [1.82, 2.24) is 10.6 Å². The molecule has 0 bridgehead atoms. The molecular formula is C12H18N2O4. The van der Waals surface area contributed by atoms with Crippen LogP contribution >= 0.6 is 0 Å². The summed E-state index contributed by atoms with van der Waals surface area (Å²) in [6, 6.07) is 3.95. The molecule has 0 radical (unpaired) electrons. The Morgan fingerprint density at radius 1 is 1.22 bits per heavy atom. The minimum atomic E-state index is -0.305. The largest absolute Gasteiger partial charge is 0.504 e. The van der Waals surface area contributed by atoms with Crippen LogP contribution in [0, 0.1) is 0 Å². The van der Waals surface area contributed by atoms with Crippen LogP contribution in [0.3, 0.4) is 0 Å². The average Bonchev–Trinajstić information content (AvgIpc) is 2.36. The molecule has 0 aliphatic heterocycles. The maximum Gasteiger partial charge on any atom is 0.251 e. The molecule has 0 atom stereocenters. The van der Waals surface area contributed by atoms with Crippen molar-refractivity contribution >= 4 is 5.91 Å². The molecule has 1 aromatic rings. The normalized spacial score (nSPS) is 10.3. The summed E-state index contributed by atoms with van der Waals surface area (Å²) in [6.45, 7) is 2.47. The van der Waals surface area contributed by atoms with E-state index in [4.69, 9.17) is 9.84 Å². The second-order valence-electron chi connectivity index (χ2n) is 3.70. The maximum absolute atomic E-state index is 11.6. The lowest BCUT2D eigenvalue weighted by atomic mass is 10.2. The first-order valence-electron chi connectivity index (χ1n) is 5.65. The zero-order valence-corrected chi connectivity index (χ0v) is 10.3. The topological polar surface area (TPSA) is 90.8 Å². The van der Waals surface area contributed by atoms with Gasteiger partial charge in [-0.25, -0.2) is 0 Å². The maximum atomic E-state index is 11.6. The number of hydrogen-bond donors (Lipinski definition) is 4. The van der Waals surface area contributed by atoms with Crippen LogP contribution in [0.4, 0.5) is 0 Å². The molecule has 0 aromatic heterocycles. The van der Waals surface area contributed by atoms with E-state index in [0.29, 0.717) is 25.3 Å². The summed E-state index contributed by atoms with van der Waals surface area (Å²) in [4.78, 5) is 11.6. The summed E-state index contributed by atoms with van der Waals surface area (Å²) >= 11 is 0. The number of hydrogen-bond acceptors (Lipinski definition) is 5. The van der Waals surface area contributed by atoms with E-state index in [-0.39, 0.29) is 17.4 Å². The molecule has 0 aliphatic rings. The molecule has 1 aromatic carbocycles. The van der Waals surface area contributed by atoms with Crippen molar-refractivity contribution in [2.75, 3.05) is 33.4 Å². The number of phenols is 2. The highest BCUT2D eigenvalue weighted by molar-refractivity contribution is 5.94. The summed E-state index contributed by atoms with van der Waals surface area (Å²) in [7, 11) is 1.63. The number of carbonyl (C=O) groups excluding carboxylic acids is 1. The predicted octanol–water partition coefficient (Wildman–Crippen LogP) is 0.0636. The molecule has 4 N–H and O–H groups in total. The van der Waals surface area contributed by atoms with Gasteiger partial charge in [0.1, 0.15) is 0 Å². The Morgan fingerprint density at radius 3 is 2.67 bits per heavy atom. The number of amides is 1. The van der Waals surface area contributed by atoms with E-state index in [0.717, 1.165) is 6.54 Å². The zero-order chi connectivity index (χ0) is 13.4. The van der Waals surface area contributed by atoms with Crippen molar-refractivity contribution in [3.63, 3.8) is 0 Å². The van der Waals surface area contributed by atoms with Gasteiger partial charge in [0.2, 0.25) is 0 Å². The zero-order valence-electron chi connectivity index (χ0n) is 10.3. The van der Waals surface area contributed by atoms with Gasteiger partial charge in [-0.2, -0.15) is 0 Å².